The Bertz CT molecular complexity index is 584. The number of aromatic nitrogens is 1. The van der Waals surface area contributed by atoms with Crippen LogP contribution in [0.15, 0.2) is 18.2 Å². The van der Waals surface area contributed by atoms with E-state index >= 15 is 0 Å². The summed E-state index contributed by atoms with van der Waals surface area (Å²) in [5, 5.41) is 19.2. The molecular formula is C13H15NO3. The number of nitrogens with zero attached hydrogens (tertiary/aromatic N) is 1. The molecule has 2 N–H and O–H groups in total. The van der Waals surface area contributed by atoms with Crippen LogP contribution >= 0.6 is 0 Å². The van der Waals surface area contributed by atoms with Gasteiger partial charge in [0.2, 0.25) is 0 Å². The summed E-state index contributed by atoms with van der Waals surface area (Å²) in [4.78, 5) is 11.2. The lowest BCUT2D eigenvalue weighted by Crippen LogP contribution is -2.07. The first-order valence-electron chi connectivity index (χ1n) is 5.50. The van der Waals surface area contributed by atoms with Crippen molar-refractivity contribution in [1.82, 2.24) is 4.57 Å². The summed E-state index contributed by atoms with van der Waals surface area (Å²) >= 11 is 0. The smallest absolute Gasteiger partial charge is 0.337 e. The maximum absolute atomic E-state index is 11.2. The minimum Gasteiger partial charge on any atom is -0.478 e. The van der Waals surface area contributed by atoms with Crippen LogP contribution in [-0.4, -0.2) is 27.4 Å². The molecule has 90 valence electrons. The minimum atomic E-state index is -0.938. The Morgan fingerprint density at radius 1 is 1.35 bits per heavy atom. The van der Waals surface area contributed by atoms with Gasteiger partial charge in [0.25, 0.3) is 0 Å². The Balaban J connectivity index is 2.87. The van der Waals surface area contributed by atoms with E-state index in [1.807, 2.05) is 24.5 Å². The standard InChI is InChI=1S/C13H15NO3/c1-8-9(2)14(6-7-15)12-10(8)4-3-5-11(12)13(16)17/h3-5,15H,6-7H2,1-2H3,(H,16,17). The van der Waals surface area contributed by atoms with Gasteiger partial charge in [-0.05, 0) is 25.5 Å². The molecule has 0 aliphatic rings. The number of hydrogen-bond donors (Lipinski definition) is 2. The molecule has 0 aliphatic carbocycles. The van der Waals surface area contributed by atoms with Gasteiger partial charge in [0.15, 0.2) is 0 Å². The van der Waals surface area contributed by atoms with E-state index in [1.54, 1.807) is 12.1 Å². The molecule has 0 unspecified atom stereocenters. The molecule has 0 spiro atoms. The van der Waals surface area contributed by atoms with E-state index in [9.17, 15) is 9.90 Å². The molecule has 2 rings (SSSR count). The van der Waals surface area contributed by atoms with Gasteiger partial charge in [-0.2, -0.15) is 0 Å². The molecule has 0 atom stereocenters. The average Bonchev–Trinajstić information content (AvgIpc) is 2.55. The highest BCUT2D eigenvalue weighted by atomic mass is 16.4. The predicted octanol–water partition coefficient (Wildman–Crippen LogP) is 1.95. The van der Waals surface area contributed by atoms with Crippen LogP contribution < -0.4 is 0 Å². The van der Waals surface area contributed by atoms with Gasteiger partial charge in [0.1, 0.15) is 0 Å². The highest BCUT2D eigenvalue weighted by molar-refractivity contribution is 6.03. The third kappa shape index (κ3) is 1.70. The van der Waals surface area contributed by atoms with Crippen LogP contribution in [0.5, 0.6) is 0 Å². The van der Waals surface area contributed by atoms with Gasteiger partial charge in [0, 0.05) is 17.6 Å². The number of fused-ring (bicyclic) bond motifs is 1. The zero-order valence-corrected chi connectivity index (χ0v) is 9.90. The fourth-order valence-electron chi connectivity index (χ4n) is 2.25. The molecule has 4 nitrogen and oxygen atoms in total. The van der Waals surface area contributed by atoms with E-state index in [2.05, 4.69) is 0 Å². The quantitative estimate of drug-likeness (QED) is 0.851. The average molecular weight is 233 g/mol. The van der Waals surface area contributed by atoms with Gasteiger partial charge in [0.05, 0.1) is 17.7 Å². The number of carboxylic acids is 1. The molecule has 17 heavy (non-hydrogen) atoms. The monoisotopic (exact) mass is 233 g/mol. The molecule has 0 fully saturated rings. The maximum Gasteiger partial charge on any atom is 0.337 e. The summed E-state index contributed by atoms with van der Waals surface area (Å²) in [5.74, 6) is -0.938. The molecule has 2 aromatic rings. The van der Waals surface area contributed by atoms with Crippen molar-refractivity contribution in [3.05, 3.63) is 35.0 Å². The SMILES string of the molecule is Cc1c(C)n(CCO)c2c(C(=O)O)cccc12. The fourth-order valence-corrected chi connectivity index (χ4v) is 2.25. The Hall–Kier alpha value is -1.81. The predicted molar refractivity (Wildman–Crippen MR) is 65.5 cm³/mol. The second-order valence-corrected chi connectivity index (χ2v) is 4.09. The van der Waals surface area contributed by atoms with Crippen LogP contribution in [0.1, 0.15) is 21.6 Å². The van der Waals surface area contributed by atoms with Crippen LogP contribution in [0, 0.1) is 13.8 Å². The van der Waals surface area contributed by atoms with Gasteiger partial charge >= 0.3 is 5.97 Å². The lowest BCUT2D eigenvalue weighted by Gasteiger charge is -2.07. The van der Waals surface area contributed by atoms with Crippen molar-refractivity contribution in [2.24, 2.45) is 0 Å². The first-order chi connectivity index (χ1) is 8.07. The second-order valence-electron chi connectivity index (χ2n) is 4.09. The molecule has 1 aromatic heterocycles. The van der Waals surface area contributed by atoms with Crippen molar-refractivity contribution < 1.29 is 15.0 Å². The Morgan fingerprint density at radius 2 is 2.06 bits per heavy atom. The van der Waals surface area contributed by atoms with E-state index in [0.29, 0.717) is 12.1 Å². The first-order valence-corrected chi connectivity index (χ1v) is 5.50. The highest BCUT2D eigenvalue weighted by Crippen LogP contribution is 2.27. The Morgan fingerprint density at radius 3 is 2.65 bits per heavy atom. The van der Waals surface area contributed by atoms with Crippen LogP contribution in [0.2, 0.25) is 0 Å². The summed E-state index contributed by atoms with van der Waals surface area (Å²) in [7, 11) is 0. The van der Waals surface area contributed by atoms with Crippen molar-refractivity contribution in [3.8, 4) is 0 Å². The molecule has 0 saturated heterocycles. The first kappa shape index (κ1) is 11.7. The van der Waals surface area contributed by atoms with Gasteiger partial charge < -0.3 is 14.8 Å². The normalized spacial score (nSPS) is 11.0. The molecule has 0 radical (unpaired) electrons. The number of hydrogen-bond acceptors (Lipinski definition) is 2. The number of aryl methyl sites for hydroxylation is 1. The van der Waals surface area contributed by atoms with Crippen molar-refractivity contribution >= 4 is 16.9 Å². The lowest BCUT2D eigenvalue weighted by molar-refractivity contribution is 0.0698. The molecule has 0 saturated carbocycles. The number of para-hydroxylation sites is 1. The topological polar surface area (TPSA) is 62.5 Å². The van der Waals surface area contributed by atoms with Crippen LogP contribution in [0.3, 0.4) is 0 Å². The van der Waals surface area contributed by atoms with Crippen molar-refractivity contribution in [2.75, 3.05) is 6.61 Å². The second kappa shape index (κ2) is 4.22. The Kier molecular flexibility index (Phi) is 2.90. The molecular weight excluding hydrogens is 218 g/mol. The van der Waals surface area contributed by atoms with Gasteiger partial charge in [-0.1, -0.05) is 12.1 Å². The van der Waals surface area contributed by atoms with Crippen molar-refractivity contribution in [1.29, 1.82) is 0 Å². The summed E-state index contributed by atoms with van der Waals surface area (Å²) in [6, 6.07) is 5.26. The van der Waals surface area contributed by atoms with Crippen LogP contribution in [0.4, 0.5) is 0 Å². The number of aromatic carboxylic acids is 1. The molecule has 1 aromatic carbocycles. The minimum absolute atomic E-state index is 0.00197. The summed E-state index contributed by atoms with van der Waals surface area (Å²) in [5.41, 5.74) is 3.05. The number of rotatable bonds is 3. The zero-order chi connectivity index (χ0) is 12.6. The van der Waals surface area contributed by atoms with E-state index in [-0.39, 0.29) is 12.2 Å². The highest BCUT2D eigenvalue weighted by Gasteiger charge is 2.16. The molecule has 1 heterocycles. The number of aliphatic hydroxyl groups excluding tert-OH is 1. The Labute approximate surface area is 99.1 Å². The number of aliphatic hydroxyl groups is 1. The van der Waals surface area contributed by atoms with E-state index in [0.717, 1.165) is 16.6 Å². The van der Waals surface area contributed by atoms with Gasteiger partial charge in [-0.25, -0.2) is 4.79 Å². The van der Waals surface area contributed by atoms with E-state index in [1.165, 1.54) is 0 Å². The van der Waals surface area contributed by atoms with E-state index < -0.39 is 5.97 Å². The molecule has 0 aliphatic heterocycles. The van der Waals surface area contributed by atoms with Gasteiger partial charge in [-0.15, -0.1) is 0 Å². The summed E-state index contributed by atoms with van der Waals surface area (Å²) in [6.45, 7) is 4.33. The fraction of sp³-hybridized carbons (Fsp3) is 0.308. The van der Waals surface area contributed by atoms with Crippen molar-refractivity contribution in [3.63, 3.8) is 0 Å². The third-order valence-electron chi connectivity index (χ3n) is 3.21. The number of benzene rings is 1. The van der Waals surface area contributed by atoms with E-state index in [4.69, 9.17) is 5.11 Å². The summed E-state index contributed by atoms with van der Waals surface area (Å²) < 4.78 is 1.87. The largest absolute Gasteiger partial charge is 0.478 e. The number of carboxylic acid groups (broad SMARTS) is 1. The third-order valence-corrected chi connectivity index (χ3v) is 3.21. The van der Waals surface area contributed by atoms with Gasteiger partial charge in [-0.3, -0.25) is 0 Å². The molecule has 0 bridgehead atoms. The maximum atomic E-state index is 11.2. The zero-order valence-electron chi connectivity index (χ0n) is 9.90. The van der Waals surface area contributed by atoms with Crippen molar-refractivity contribution in [2.45, 2.75) is 20.4 Å². The van der Waals surface area contributed by atoms with Crippen LogP contribution in [-0.2, 0) is 6.54 Å². The van der Waals surface area contributed by atoms with Crippen LogP contribution in [0.25, 0.3) is 10.9 Å². The number of carbonyl (C=O) groups is 1. The summed E-state index contributed by atoms with van der Waals surface area (Å²) in [6.07, 6.45) is 0. The molecule has 4 heteroatoms. The molecule has 0 amide bonds. The lowest BCUT2D eigenvalue weighted by atomic mass is 10.1.